The van der Waals surface area contributed by atoms with Gasteiger partial charge in [0.25, 0.3) is 5.91 Å². The van der Waals surface area contributed by atoms with Crippen molar-refractivity contribution in [3.8, 4) is 0 Å². The lowest BCUT2D eigenvalue weighted by Gasteiger charge is -2.13. The summed E-state index contributed by atoms with van der Waals surface area (Å²) in [7, 11) is 1.48. The standard InChI is InChI=1S/C10H11Br2NO4S/c1-17-3-2-6(10(15)16)13-9(14)5-4-7(11)18-8(5)12/h4,6H,2-3H2,1H3,(H,13,14)(H,15,16). The van der Waals surface area contributed by atoms with Gasteiger partial charge < -0.3 is 15.2 Å². The van der Waals surface area contributed by atoms with E-state index in [-0.39, 0.29) is 13.0 Å². The molecule has 2 N–H and O–H groups in total. The molecule has 1 unspecified atom stereocenters. The van der Waals surface area contributed by atoms with Gasteiger partial charge in [-0.1, -0.05) is 0 Å². The fourth-order valence-corrected chi connectivity index (χ4v) is 4.02. The summed E-state index contributed by atoms with van der Waals surface area (Å²) in [6.07, 6.45) is 0.223. The van der Waals surface area contributed by atoms with Crippen LogP contribution in [-0.4, -0.2) is 36.7 Å². The molecule has 0 radical (unpaired) electrons. The van der Waals surface area contributed by atoms with Gasteiger partial charge in [-0.2, -0.15) is 0 Å². The Morgan fingerprint density at radius 3 is 2.67 bits per heavy atom. The third-order valence-electron chi connectivity index (χ3n) is 2.12. The Balaban J connectivity index is 2.72. The van der Waals surface area contributed by atoms with Crippen LogP contribution in [0.4, 0.5) is 0 Å². The quantitative estimate of drug-likeness (QED) is 0.769. The number of hydrogen-bond donors (Lipinski definition) is 2. The Morgan fingerprint density at radius 2 is 2.22 bits per heavy atom. The number of carboxylic acids is 1. The number of amides is 1. The molecule has 1 rings (SSSR count). The third-order valence-corrected chi connectivity index (χ3v) is 4.45. The molecule has 1 heterocycles. The summed E-state index contributed by atoms with van der Waals surface area (Å²) < 4.78 is 6.26. The molecule has 1 amide bonds. The molecule has 0 aliphatic carbocycles. The second-order valence-electron chi connectivity index (χ2n) is 3.38. The highest BCUT2D eigenvalue weighted by molar-refractivity contribution is 9.12. The number of thiophene rings is 1. The van der Waals surface area contributed by atoms with Gasteiger partial charge in [0.1, 0.15) is 6.04 Å². The van der Waals surface area contributed by atoms with Gasteiger partial charge in [-0.15, -0.1) is 11.3 Å². The van der Waals surface area contributed by atoms with Crippen LogP contribution < -0.4 is 5.32 Å². The molecule has 0 fully saturated rings. The lowest BCUT2D eigenvalue weighted by atomic mass is 10.2. The molecule has 18 heavy (non-hydrogen) atoms. The topological polar surface area (TPSA) is 75.6 Å². The second kappa shape index (κ2) is 7.22. The molecule has 1 atom stereocenters. The second-order valence-corrected chi connectivity index (χ2v) is 7.13. The van der Waals surface area contributed by atoms with E-state index >= 15 is 0 Å². The zero-order chi connectivity index (χ0) is 13.7. The third kappa shape index (κ3) is 4.34. The molecule has 8 heteroatoms. The molecule has 5 nitrogen and oxygen atoms in total. The normalized spacial score (nSPS) is 12.2. The monoisotopic (exact) mass is 399 g/mol. The van der Waals surface area contributed by atoms with E-state index in [4.69, 9.17) is 9.84 Å². The van der Waals surface area contributed by atoms with Gasteiger partial charge in [-0.05, 0) is 37.9 Å². The van der Waals surface area contributed by atoms with Crippen molar-refractivity contribution in [1.29, 1.82) is 0 Å². The highest BCUT2D eigenvalue weighted by atomic mass is 79.9. The Kier molecular flexibility index (Phi) is 6.27. The summed E-state index contributed by atoms with van der Waals surface area (Å²) in [4.78, 5) is 22.9. The number of ether oxygens (including phenoxy) is 1. The minimum atomic E-state index is -1.08. The van der Waals surface area contributed by atoms with Crippen molar-refractivity contribution in [2.45, 2.75) is 12.5 Å². The average Bonchev–Trinajstić information content (AvgIpc) is 2.63. The zero-order valence-electron chi connectivity index (χ0n) is 9.41. The van der Waals surface area contributed by atoms with Crippen LogP contribution in [0.3, 0.4) is 0 Å². The molecule has 0 aromatic carbocycles. The number of carboxylic acid groups (broad SMARTS) is 1. The Hall–Kier alpha value is -0.440. The predicted octanol–water partition coefficient (Wildman–Crippen LogP) is 2.49. The molecule has 0 aliphatic rings. The number of halogens is 2. The van der Waals surface area contributed by atoms with Gasteiger partial charge in [0.05, 0.1) is 13.1 Å². The average molecular weight is 401 g/mol. The number of methoxy groups -OCH3 is 1. The van der Waals surface area contributed by atoms with Crippen molar-refractivity contribution >= 4 is 55.1 Å². The SMILES string of the molecule is COCCC(NC(=O)c1cc(Br)sc1Br)C(=O)O. The van der Waals surface area contributed by atoms with Crippen LogP contribution in [0.2, 0.25) is 0 Å². The van der Waals surface area contributed by atoms with Crippen molar-refractivity contribution in [2.24, 2.45) is 0 Å². The summed E-state index contributed by atoms with van der Waals surface area (Å²) in [6, 6.07) is 0.683. The van der Waals surface area contributed by atoms with Gasteiger partial charge in [-0.25, -0.2) is 4.79 Å². The van der Waals surface area contributed by atoms with Crippen molar-refractivity contribution in [3.05, 3.63) is 19.2 Å². The van der Waals surface area contributed by atoms with Crippen LogP contribution >= 0.6 is 43.2 Å². The Labute approximate surface area is 125 Å². The van der Waals surface area contributed by atoms with Gasteiger partial charge in [0.2, 0.25) is 0 Å². The van der Waals surface area contributed by atoms with Gasteiger partial charge in [-0.3, -0.25) is 4.79 Å². The first-order valence-corrected chi connectivity index (χ1v) is 7.33. The van der Waals surface area contributed by atoms with Crippen molar-refractivity contribution in [1.82, 2.24) is 5.32 Å². The van der Waals surface area contributed by atoms with Crippen LogP contribution in [0.1, 0.15) is 16.8 Å². The van der Waals surface area contributed by atoms with E-state index < -0.39 is 17.9 Å². The minimum Gasteiger partial charge on any atom is -0.480 e. The maximum Gasteiger partial charge on any atom is 0.326 e. The largest absolute Gasteiger partial charge is 0.480 e. The Morgan fingerprint density at radius 1 is 1.56 bits per heavy atom. The van der Waals surface area contributed by atoms with Gasteiger partial charge in [0.15, 0.2) is 0 Å². The molecule has 0 saturated heterocycles. The molecule has 0 aliphatic heterocycles. The first-order valence-electron chi connectivity index (χ1n) is 4.93. The molecule has 0 spiro atoms. The number of nitrogens with one attached hydrogen (secondary N) is 1. The van der Waals surface area contributed by atoms with E-state index in [0.717, 1.165) is 3.79 Å². The van der Waals surface area contributed by atoms with Crippen molar-refractivity contribution in [2.75, 3.05) is 13.7 Å². The van der Waals surface area contributed by atoms with Crippen LogP contribution in [0, 0.1) is 0 Å². The maximum absolute atomic E-state index is 11.9. The van der Waals surface area contributed by atoms with Crippen LogP contribution in [0.25, 0.3) is 0 Å². The highest BCUT2D eigenvalue weighted by Gasteiger charge is 2.22. The minimum absolute atomic E-state index is 0.223. The Bertz CT molecular complexity index is 449. The first-order chi connectivity index (χ1) is 8.45. The lowest BCUT2D eigenvalue weighted by molar-refractivity contribution is -0.139. The van der Waals surface area contributed by atoms with E-state index in [2.05, 4.69) is 37.2 Å². The molecular weight excluding hydrogens is 390 g/mol. The fourth-order valence-electron chi connectivity index (χ4n) is 1.22. The molecule has 0 bridgehead atoms. The lowest BCUT2D eigenvalue weighted by Crippen LogP contribution is -2.41. The number of rotatable bonds is 6. The fraction of sp³-hybridized carbons (Fsp3) is 0.400. The summed E-state index contributed by atoms with van der Waals surface area (Å²) in [5.74, 6) is -1.50. The summed E-state index contributed by atoms with van der Waals surface area (Å²) in [6.45, 7) is 0.270. The first kappa shape index (κ1) is 15.6. The van der Waals surface area contributed by atoms with Gasteiger partial charge in [0, 0.05) is 20.1 Å². The number of aliphatic carboxylic acids is 1. The van der Waals surface area contributed by atoms with E-state index in [0.29, 0.717) is 9.35 Å². The number of carbonyl (C=O) groups excluding carboxylic acids is 1. The van der Waals surface area contributed by atoms with E-state index in [1.165, 1.54) is 18.4 Å². The number of hydrogen-bond acceptors (Lipinski definition) is 4. The van der Waals surface area contributed by atoms with Gasteiger partial charge >= 0.3 is 5.97 Å². The number of carbonyl (C=O) groups is 2. The van der Waals surface area contributed by atoms with Crippen LogP contribution in [0.15, 0.2) is 13.6 Å². The summed E-state index contributed by atoms with van der Waals surface area (Å²) >= 11 is 7.86. The van der Waals surface area contributed by atoms with E-state index in [1.807, 2.05) is 0 Å². The molecule has 1 aromatic heterocycles. The molecule has 0 saturated carbocycles. The van der Waals surface area contributed by atoms with Crippen molar-refractivity contribution < 1.29 is 19.4 Å². The highest BCUT2D eigenvalue weighted by Crippen LogP contribution is 2.31. The summed E-state index contributed by atoms with van der Waals surface area (Å²) in [5, 5.41) is 11.4. The van der Waals surface area contributed by atoms with Crippen LogP contribution in [-0.2, 0) is 9.53 Å². The molecular formula is C10H11Br2NO4S. The van der Waals surface area contributed by atoms with E-state index in [9.17, 15) is 9.59 Å². The predicted molar refractivity (Wildman–Crippen MR) is 75.1 cm³/mol. The smallest absolute Gasteiger partial charge is 0.326 e. The zero-order valence-corrected chi connectivity index (χ0v) is 13.4. The van der Waals surface area contributed by atoms with Crippen LogP contribution in [0.5, 0.6) is 0 Å². The maximum atomic E-state index is 11.9. The molecule has 1 aromatic rings. The van der Waals surface area contributed by atoms with E-state index in [1.54, 1.807) is 6.07 Å². The summed E-state index contributed by atoms with van der Waals surface area (Å²) in [5.41, 5.74) is 0.413. The molecule has 100 valence electrons. The van der Waals surface area contributed by atoms with Crippen molar-refractivity contribution in [3.63, 3.8) is 0 Å².